The van der Waals surface area contributed by atoms with E-state index in [-0.39, 0.29) is 6.03 Å². The third kappa shape index (κ3) is 3.55. The molecule has 1 aromatic heterocycles. The van der Waals surface area contributed by atoms with Crippen molar-refractivity contribution in [2.24, 2.45) is 5.73 Å². The zero-order valence-electron chi connectivity index (χ0n) is 11.3. The van der Waals surface area contributed by atoms with E-state index in [2.05, 4.69) is 20.8 Å². The number of aromatic nitrogens is 3. The lowest BCUT2D eigenvalue weighted by Crippen LogP contribution is -2.29. The second-order valence-electron chi connectivity index (χ2n) is 4.25. The molecule has 2 aromatic rings. The smallest absolute Gasteiger partial charge is 0.319 e. The summed E-state index contributed by atoms with van der Waals surface area (Å²) in [5.41, 5.74) is 7.23. The number of nitrogens with two attached hydrogens (primary N) is 1. The van der Waals surface area contributed by atoms with Crippen LogP contribution in [0.4, 0.5) is 10.5 Å². The lowest BCUT2D eigenvalue weighted by Gasteiger charge is -2.08. The van der Waals surface area contributed by atoms with Crippen LogP contribution in [0, 0.1) is 0 Å². The molecule has 20 heavy (non-hydrogen) atoms. The van der Waals surface area contributed by atoms with Gasteiger partial charge in [0.2, 0.25) is 0 Å². The minimum atomic E-state index is -0.287. The third-order valence-corrected chi connectivity index (χ3v) is 2.86. The first-order chi connectivity index (χ1) is 9.72. The van der Waals surface area contributed by atoms with Crippen LogP contribution >= 0.6 is 0 Å². The molecule has 0 spiro atoms. The molecule has 1 heterocycles. The second-order valence-corrected chi connectivity index (χ2v) is 4.25. The van der Waals surface area contributed by atoms with Gasteiger partial charge in [-0.15, -0.1) is 10.2 Å². The van der Waals surface area contributed by atoms with Gasteiger partial charge in [0, 0.05) is 18.8 Å². The monoisotopic (exact) mass is 274 g/mol. The molecule has 0 bridgehead atoms. The fraction of sp³-hybridized carbons (Fsp3) is 0.308. The van der Waals surface area contributed by atoms with Crippen LogP contribution in [-0.4, -0.2) is 20.8 Å². The van der Waals surface area contributed by atoms with Gasteiger partial charge in [0.05, 0.1) is 6.54 Å². The average molecular weight is 274 g/mol. The van der Waals surface area contributed by atoms with E-state index in [4.69, 9.17) is 5.73 Å². The topological polar surface area (TPSA) is 97.9 Å². The second kappa shape index (κ2) is 6.67. The van der Waals surface area contributed by atoms with Crippen LogP contribution in [0.1, 0.15) is 18.3 Å². The Kier molecular flexibility index (Phi) is 4.67. The molecule has 2 amide bonds. The molecule has 0 unspecified atom stereocenters. The zero-order valence-corrected chi connectivity index (χ0v) is 11.3. The molecule has 7 nitrogen and oxygen atoms in total. The normalized spacial score (nSPS) is 10.3. The fourth-order valence-corrected chi connectivity index (χ4v) is 1.79. The summed E-state index contributed by atoms with van der Waals surface area (Å²) in [5, 5.41) is 13.2. The maximum Gasteiger partial charge on any atom is 0.319 e. The highest BCUT2D eigenvalue weighted by Gasteiger charge is 2.06. The molecule has 0 saturated carbocycles. The van der Waals surface area contributed by atoms with E-state index in [1.54, 1.807) is 6.33 Å². The summed E-state index contributed by atoms with van der Waals surface area (Å²) in [4.78, 5) is 11.8. The van der Waals surface area contributed by atoms with E-state index in [1.807, 2.05) is 35.8 Å². The number of benzene rings is 1. The molecular formula is C13H18N6O. The summed E-state index contributed by atoms with van der Waals surface area (Å²) >= 11 is 0. The Morgan fingerprint density at radius 3 is 3.05 bits per heavy atom. The summed E-state index contributed by atoms with van der Waals surface area (Å²) in [6, 6.07) is 7.13. The summed E-state index contributed by atoms with van der Waals surface area (Å²) in [5.74, 6) is 0.721. The molecule has 0 fully saturated rings. The highest BCUT2D eigenvalue weighted by Crippen LogP contribution is 2.09. The Morgan fingerprint density at radius 1 is 1.45 bits per heavy atom. The van der Waals surface area contributed by atoms with Crippen molar-refractivity contribution in [3.05, 3.63) is 42.0 Å². The van der Waals surface area contributed by atoms with Gasteiger partial charge < -0.3 is 20.9 Å². The number of rotatable bonds is 5. The van der Waals surface area contributed by atoms with Gasteiger partial charge in [-0.2, -0.15) is 0 Å². The van der Waals surface area contributed by atoms with Crippen molar-refractivity contribution in [3.8, 4) is 0 Å². The van der Waals surface area contributed by atoms with Crippen LogP contribution in [0.25, 0.3) is 0 Å². The first-order valence-electron chi connectivity index (χ1n) is 6.43. The van der Waals surface area contributed by atoms with Crippen molar-refractivity contribution >= 4 is 11.7 Å². The summed E-state index contributed by atoms with van der Waals surface area (Å²) in [7, 11) is 0. The quantitative estimate of drug-likeness (QED) is 0.759. The molecule has 7 heteroatoms. The Balaban J connectivity index is 1.89. The Labute approximate surface area is 117 Å². The Bertz CT molecular complexity index is 580. The molecule has 0 aliphatic heterocycles. The predicted octanol–water partition coefficient (Wildman–Crippen LogP) is 1.08. The largest absolute Gasteiger partial charge is 0.331 e. The van der Waals surface area contributed by atoms with Crippen LogP contribution in [-0.2, 0) is 19.6 Å². The van der Waals surface area contributed by atoms with Crippen molar-refractivity contribution in [1.82, 2.24) is 20.1 Å². The number of carbonyl (C=O) groups excluding carboxylic acids is 1. The van der Waals surface area contributed by atoms with Crippen LogP contribution in [0.2, 0.25) is 0 Å². The highest BCUT2D eigenvalue weighted by molar-refractivity contribution is 5.89. The molecule has 0 atom stereocenters. The summed E-state index contributed by atoms with van der Waals surface area (Å²) in [6.45, 7) is 3.53. The molecule has 4 N–H and O–H groups in total. The number of amides is 2. The minimum Gasteiger partial charge on any atom is -0.331 e. The fourth-order valence-electron chi connectivity index (χ4n) is 1.79. The van der Waals surface area contributed by atoms with Gasteiger partial charge in [-0.25, -0.2) is 4.79 Å². The van der Waals surface area contributed by atoms with Crippen molar-refractivity contribution in [2.75, 3.05) is 5.32 Å². The maximum atomic E-state index is 11.8. The number of urea groups is 1. The lowest BCUT2D eigenvalue weighted by molar-refractivity contribution is 0.251. The molecule has 106 valence electrons. The van der Waals surface area contributed by atoms with E-state index in [9.17, 15) is 4.79 Å². The molecule has 2 rings (SSSR count). The molecule has 0 radical (unpaired) electrons. The molecule has 0 aliphatic rings. The summed E-state index contributed by atoms with van der Waals surface area (Å²) in [6.07, 6.45) is 1.64. The van der Waals surface area contributed by atoms with Gasteiger partial charge >= 0.3 is 6.03 Å². The van der Waals surface area contributed by atoms with Crippen LogP contribution < -0.4 is 16.4 Å². The van der Waals surface area contributed by atoms with Crippen LogP contribution in [0.5, 0.6) is 0 Å². The van der Waals surface area contributed by atoms with Gasteiger partial charge in [-0.05, 0) is 24.6 Å². The van der Waals surface area contributed by atoms with Gasteiger partial charge in [-0.3, -0.25) is 0 Å². The van der Waals surface area contributed by atoms with E-state index < -0.39 is 0 Å². The van der Waals surface area contributed by atoms with Crippen molar-refractivity contribution in [3.63, 3.8) is 0 Å². The van der Waals surface area contributed by atoms with E-state index in [1.165, 1.54) is 0 Å². The lowest BCUT2D eigenvalue weighted by atomic mass is 10.2. The maximum absolute atomic E-state index is 11.8. The molecule has 0 aliphatic carbocycles. The van der Waals surface area contributed by atoms with Gasteiger partial charge in [0.1, 0.15) is 6.33 Å². The average Bonchev–Trinajstić information content (AvgIpc) is 2.93. The van der Waals surface area contributed by atoms with Gasteiger partial charge in [0.25, 0.3) is 0 Å². The zero-order chi connectivity index (χ0) is 14.4. The third-order valence-electron chi connectivity index (χ3n) is 2.86. The number of aryl methyl sites for hydroxylation is 1. The first kappa shape index (κ1) is 14.0. The highest BCUT2D eigenvalue weighted by atomic mass is 16.2. The van der Waals surface area contributed by atoms with Crippen molar-refractivity contribution in [1.29, 1.82) is 0 Å². The van der Waals surface area contributed by atoms with Crippen LogP contribution in [0.15, 0.2) is 30.6 Å². The number of nitrogens with zero attached hydrogens (tertiary/aromatic N) is 3. The van der Waals surface area contributed by atoms with Crippen molar-refractivity contribution in [2.45, 2.75) is 26.6 Å². The SMILES string of the molecule is CCn1cnnc1CNC(=O)Nc1cccc(CN)c1. The van der Waals surface area contributed by atoms with Gasteiger partial charge in [-0.1, -0.05) is 12.1 Å². The van der Waals surface area contributed by atoms with E-state index in [0.29, 0.717) is 18.8 Å². The van der Waals surface area contributed by atoms with E-state index >= 15 is 0 Å². The first-order valence-corrected chi connectivity index (χ1v) is 6.43. The van der Waals surface area contributed by atoms with E-state index in [0.717, 1.165) is 17.9 Å². The number of nitrogens with one attached hydrogen (secondary N) is 2. The Hall–Kier alpha value is -2.41. The van der Waals surface area contributed by atoms with Gasteiger partial charge in [0.15, 0.2) is 5.82 Å². The molecular weight excluding hydrogens is 256 g/mol. The predicted molar refractivity (Wildman–Crippen MR) is 75.9 cm³/mol. The number of hydrogen-bond donors (Lipinski definition) is 3. The number of hydrogen-bond acceptors (Lipinski definition) is 4. The summed E-state index contributed by atoms with van der Waals surface area (Å²) < 4.78 is 1.87. The van der Waals surface area contributed by atoms with Crippen LogP contribution in [0.3, 0.4) is 0 Å². The standard InChI is InChI=1S/C13H18N6O/c1-2-19-9-16-18-12(19)8-15-13(20)17-11-5-3-4-10(6-11)7-14/h3-6,9H,2,7-8,14H2,1H3,(H2,15,17,20). The molecule has 1 aromatic carbocycles. The molecule has 0 saturated heterocycles. The Morgan fingerprint density at radius 2 is 2.30 bits per heavy atom. The minimum absolute atomic E-state index is 0.287. The number of anilines is 1. The number of carbonyl (C=O) groups is 1. The van der Waals surface area contributed by atoms with Crippen molar-refractivity contribution < 1.29 is 4.79 Å².